The summed E-state index contributed by atoms with van der Waals surface area (Å²) in [5.74, 6) is 0.479. The molecule has 2 heterocycles. The third kappa shape index (κ3) is 4.46. The average molecular weight is 461 g/mol. The van der Waals surface area contributed by atoms with Crippen LogP contribution in [0, 0.1) is 5.92 Å². The number of amides is 1. The summed E-state index contributed by atoms with van der Waals surface area (Å²) in [6.07, 6.45) is 0. The van der Waals surface area contributed by atoms with Crippen molar-refractivity contribution in [3.63, 3.8) is 0 Å². The third-order valence-electron chi connectivity index (χ3n) is 6.15. The van der Waals surface area contributed by atoms with Gasteiger partial charge < -0.3 is 19.1 Å². The first-order valence-corrected chi connectivity index (χ1v) is 12.0. The molecule has 2 aliphatic heterocycles. The van der Waals surface area contributed by atoms with Crippen molar-refractivity contribution < 1.29 is 27.4 Å². The Hall–Kier alpha value is -2.62. The highest BCUT2D eigenvalue weighted by atomic mass is 32.2. The number of carbonyl (C=O) groups excluding carboxylic acids is 1. The van der Waals surface area contributed by atoms with Crippen LogP contribution in [0.3, 0.4) is 0 Å². The van der Waals surface area contributed by atoms with Crippen LogP contribution in [0.2, 0.25) is 0 Å². The summed E-state index contributed by atoms with van der Waals surface area (Å²) in [7, 11) is -0.646. The zero-order valence-electron chi connectivity index (χ0n) is 18.3. The second kappa shape index (κ2) is 9.48. The Bertz CT molecular complexity index is 1050. The molecule has 0 aromatic heterocycles. The summed E-state index contributed by atoms with van der Waals surface area (Å²) < 4.78 is 44.1. The smallest absolute Gasteiger partial charge is 0.243 e. The van der Waals surface area contributed by atoms with E-state index in [-0.39, 0.29) is 29.8 Å². The summed E-state index contributed by atoms with van der Waals surface area (Å²) in [6, 6.07) is 13.8. The number of methoxy groups -OCH3 is 2. The number of hydrogen-bond donors (Lipinski definition) is 0. The van der Waals surface area contributed by atoms with Crippen molar-refractivity contribution in [1.29, 1.82) is 0 Å². The number of ether oxygens (including phenoxy) is 3. The normalized spacial score (nSPS) is 22.0. The van der Waals surface area contributed by atoms with Gasteiger partial charge in [-0.3, -0.25) is 4.79 Å². The number of sulfonamides is 1. The van der Waals surface area contributed by atoms with E-state index in [4.69, 9.17) is 14.2 Å². The molecule has 1 amide bonds. The first-order chi connectivity index (χ1) is 15.4. The predicted molar refractivity (Wildman–Crippen MR) is 118 cm³/mol. The number of morpholine rings is 1. The molecule has 9 heteroatoms. The molecule has 0 aliphatic carbocycles. The molecule has 0 N–H and O–H groups in total. The minimum atomic E-state index is -3.77. The molecule has 2 atom stereocenters. The molecule has 2 aromatic carbocycles. The Balaban J connectivity index is 1.65. The van der Waals surface area contributed by atoms with Crippen molar-refractivity contribution in [2.75, 3.05) is 53.6 Å². The number of carbonyl (C=O) groups is 1. The molecular weight excluding hydrogens is 432 g/mol. The highest BCUT2D eigenvalue weighted by molar-refractivity contribution is 7.89. The van der Waals surface area contributed by atoms with Gasteiger partial charge in [0, 0.05) is 32.1 Å². The molecular formula is C23H28N2O6S. The fraction of sp³-hybridized carbons (Fsp3) is 0.435. The zero-order valence-corrected chi connectivity index (χ0v) is 19.1. The first-order valence-electron chi connectivity index (χ1n) is 10.6. The maximum Gasteiger partial charge on any atom is 0.243 e. The van der Waals surface area contributed by atoms with E-state index in [0.717, 1.165) is 5.56 Å². The van der Waals surface area contributed by atoms with Crippen LogP contribution in [0.1, 0.15) is 11.5 Å². The summed E-state index contributed by atoms with van der Waals surface area (Å²) >= 11 is 0. The van der Waals surface area contributed by atoms with Gasteiger partial charge in [0.15, 0.2) is 0 Å². The summed E-state index contributed by atoms with van der Waals surface area (Å²) in [5, 5.41) is 0. The maximum atomic E-state index is 13.4. The first kappa shape index (κ1) is 22.6. The van der Waals surface area contributed by atoms with Crippen molar-refractivity contribution >= 4 is 15.9 Å². The second-order valence-corrected chi connectivity index (χ2v) is 9.86. The largest absolute Gasteiger partial charge is 0.497 e. The lowest BCUT2D eigenvalue weighted by atomic mass is 9.87. The zero-order chi connectivity index (χ0) is 22.7. The molecule has 2 aromatic rings. The van der Waals surface area contributed by atoms with Crippen LogP contribution in [-0.4, -0.2) is 77.1 Å². The Labute approximate surface area is 188 Å². The average Bonchev–Trinajstić information content (AvgIpc) is 3.30. The lowest BCUT2D eigenvalue weighted by Gasteiger charge is -2.31. The van der Waals surface area contributed by atoms with Gasteiger partial charge in [0.05, 0.1) is 38.2 Å². The molecule has 0 spiro atoms. The Kier molecular flexibility index (Phi) is 6.68. The van der Waals surface area contributed by atoms with Crippen LogP contribution in [0.25, 0.3) is 0 Å². The fourth-order valence-electron chi connectivity index (χ4n) is 4.34. The van der Waals surface area contributed by atoms with E-state index in [2.05, 4.69) is 0 Å². The molecule has 0 bridgehead atoms. The molecule has 0 unspecified atom stereocenters. The monoisotopic (exact) mass is 460 g/mol. The Morgan fingerprint density at radius 1 is 0.969 bits per heavy atom. The van der Waals surface area contributed by atoms with Crippen LogP contribution >= 0.6 is 0 Å². The van der Waals surface area contributed by atoms with Gasteiger partial charge in [-0.2, -0.15) is 4.31 Å². The molecule has 2 saturated heterocycles. The van der Waals surface area contributed by atoms with Gasteiger partial charge in [-0.15, -0.1) is 0 Å². The SMILES string of the molecule is COc1ccc(S(=O)(=O)N2C[C@@H](C(=O)N3CCOCC3)[C@H](c3cccc(OC)c3)C2)cc1. The van der Waals surface area contributed by atoms with Gasteiger partial charge in [0.25, 0.3) is 0 Å². The quantitative estimate of drug-likeness (QED) is 0.655. The van der Waals surface area contributed by atoms with Crippen LogP contribution in [0.15, 0.2) is 53.4 Å². The lowest BCUT2D eigenvalue weighted by molar-refractivity contribution is -0.139. The van der Waals surface area contributed by atoms with Gasteiger partial charge >= 0.3 is 0 Å². The minimum Gasteiger partial charge on any atom is -0.497 e. The summed E-state index contributed by atoms with van der Waals surface area (Å²) in [6.45, 7) is 2.39. The van der Waals surface area contributed by atoms with Gasteiger partial charge in [0.2, 0.25) is 15.9 Å². The molecule has 172 valence electrons. The Morgan fingerprint density at radius 3 is 2.31 bits per heavy atom. The van der Waals surface area contributed by atoms with E-state index in [1.807, 2.05) is 24.3 Å². The van der Waals surface area contributed by atoms with Crippen molar-refractivity contribution in [1.82, 2.24) is 9.21 Å². The number of rotatable bonds is 6. The van der Waals surface area contributed by atoms with Gasteiger partial charge in [0.1, 0.15) is 11.5 Å². The van der Waals surface area contributed by atoms with E-state index in [0.29, 0.717) is 37.8 Å². The topological polar surface area (TPSA) is 85.4 Å². The Morgan fingerprint density at radius 2 is 1.66 bits per heavy atom. The van der Waals surface area contributed by atoms with Crippen LogP contribution < -0.4 is 9.47 Å². The number of hydrogen-bond acceptors (Lipinski definition) is 6. The van der Waals surface area contributed by atoms with E-state index >= 15 is 0 Å². The van der Waals surface area contributed by atoms with Crippen molar-refractivity contribution in [2.24, 2.45) is 5.92 Å². The second-order valence-electron chi connectivity index (χ2n) is 7.92. The molecule has 4 rings (SSSR count). The van der Waals surface area contributed by atoms with Crippen molar-refractivity contribution in [3.8, 4) is 11.5 Å². The van der Waals surface area contributed by atoms with E-state index < -0.39 is 15.9 Å². The van der Waals surface area contributed by atoms with Gasteiger partial charge in [-0.1, -0.05) is 12.1 Å². The van der Waals surface area contributed by atoms with Gasteiger partial charge in [-0.25, -0.2) is 8.42 Å². The van der Waals surface area contributed by atoms with E-state index in [1.54, 1.807) is 24.1 Å². The standard InChI is InChI=1S/C23H28N2O6S/c1-29-18-6-8-20(9-7-18)32(27,28)25-15-21(17-4-3-5-19(14-17)30-2)22(16-25)23(26)24-10-12-31-13-11-24/h3-9,14,21-22H,10-13,15-16H2,1-2H3/t21-,22+/m0/s1. The minimum absolute atomic E-state index is 0.0337. The molecule has 32 heavy (non-hydrogen) atoms. The van der Waals surface area contributed by atoms with Gasteiger partial charge in [-0.05, 0) is 42.0 Å². The van der Waals surface area contributed by atoms with Crippen molar-refractivity contribution in [2.45, 2.75) is 10.8 Å². The van der Waals surface area contributed by atoms with E-state index in [9.17, 15) is 13.2 Å². The van der Waals surface area contributed by atoms with Crippen LogP contribution in [0.5, 0.6) is 11.5 Å². The highest BCUT2D eigenvalue weighted by Gasteiger charge is 2.45. The maximum absolute atomic E-state index is 13.4. The number of benzene rings is 2. The third-order valence-corrected chi connectivity index (χ3v) is 7.99. The summed E-state index contributed by atoms with van der Waals surface area (Å²) in [5.41, 5.74) is 0.892. The molecule has 0 radical (unpaired) electrons. The summed E-state index contributed by atoms with van der Waals surface area (Å²) in [4.78, 5) is 15.4. The van der Waals surface area contributed by atoms with E-state index in [1.165, 1.54) is 23.5 Å². The van der Waals surface area contributed by atoms with Crippen molar-refractivity contribution in [3.05, 3.63) is 54.1 Å². The predicted octanol–water partition coefficient (Wildman–Crippen LogP) is 1.97. The lowest BCUT2D eigenvalue weighted by Crippen LogP contribution is -2.45. The fourth-order valence-corrected chi connectivity index (χ4v) is 5.83. The van der Waals surface area contributed by atoms with Crippen LogP contribution in [0.4, 0.5) is 0 Å². The highest BCUT2D eigenvalue weighted by Crippen LogP contribution is 2.38. The van der Waals surface area contributed by atoms with Crippen LogP contribution in [-0.2, 0) is 19.6 Å². The molecule has 8 nitrogen and oxygen atoms in total. The molecule has 2 fully saturated rings. The molecule has 2 aliphatic rings. The molecule has 0 saturated carbocycles. The number of nitrogens with zero attached hydrogens (tertiary/aromatic N) is 2.